The SMILES string of the molecule is CC(NC(=O)OC(C)(C)C)C(=O)N1CCC(n2cnc3c(-c4cnc(N)nc4)nc(N4CCOCC4)nc32)CC1. The summed E-state index contributed by atoms with van der Waals surface area (Å²) in [5.41, 5.74) is 7.79. The molecule has 14 heteroatoms. The van der Waals surface area contributed by atoms with Crippen molar-refractivity contribution in [1.29, 1.82) is 0 Å². The average Bonchev–Trinajstić information content (AvgIpc) is 3.36. The molecule has 0 radical (unpaired) electrons. The number of nitrogens with two attached hydrogens (primary N) is 1. The second-order valence-electron chi connectivity index (χ2n) is 11.1. The van der Waals surface area contributed by atoms with Crippen molar-refractivity contribution in [2.45, 2.75) is 58.2 Å². The van der Waals surface area contributed by atoms with Crippen molar-refractivity contribution in [2.75, 3.05) is 50.0 Å². The fraction of sp³-hybridized carbons (Fsp3) is 0.577. The van der Waals surface area contributed by atoms with Gasteiger partial charge in [-0.3, -0.25) is 4.79 Å². The van der Waals surface area contributed by atoms with Crippen LogP contribution in [0.2, 0.25) is 0 Å². The first kappa shape index (κ1) is 27.5. The topological polar surface area (TPSA) is 167 Å². The fourth-order valence-electron chi connectivity index (χ4n) is 4.92. The third-order valence-corrected chi connectivity index (χ3v) is 6.92. The molecular weight excluding hydrogens is 516 g/mol. The minimum atomic E-state index is -0.686. The molecule has 1 atom stereocenters. The second-order valence-corrected chi connectivity index (χ2v) is 11.1. The molecule has 40 heavy (non-hydrogen) atoms. The van der Waals surface area contributed by atoms with Gasteiger partial charge in [-0.25, -0.2) is 24.7 Å². The molecule has 3 aromatic heterocycles. The molecule has 0 bridgehead atoms. The van der Waals surface area contributed by atoms with Gasteiger partial charge in [-0.15, -0.1) is 0 Å². The van der Waals surface area contributed by atoms with Gasteiger partial charge in [0.25, 0.3) is 0 Å². The number of fused-ring (bicyclic) bond motifs is 1. The van der Waals surface area contributed by atoms with E-state index in [2.05, 4.69) is 29.7 Å². The van der Waals surface area contributed by atoms with E-state index >= 15 is 0 Å². The summed E-state index contributed by atoms with van der Waals surface area (Å²) in [6.45, 7) is 10.7. The van der Waals surface area contributed by atoms with Gasteiger partial charge in [0.05, 0.1) is 19.5 Å². The van der Waals surface area contributed by atoms with Crippen LogP contribution in [-0.4, -0.2) is 97.4 Å². The number of morpholine rings is 1. The highest BCUT2D eigenvalue weighted by atomic mass is 16.6. The number of carbonyl (C=O) groups excluding carboxylic acids is 2. The van der Waals surface area contributed by atoms with Crippen molar-refractivity contribution >= 4 is 35.1 Å². The Labute approximate surface area is 232 Å². The highest BCUT2D eigenvalue weighted by Gasteiger charge is 2.30. The van der Waals surface area contributed by atoms with E-state index in [-0.39, 0.29) is 17.9 Å². The number of aromatic nitrogens is 6. The van der Waals surface area contributed by atoms with Crippen LogP contribution in [0, 0.1) is 0 Å². The Morgan fingerprint density at radius 3 is 2.40 bits per heavy atom. The molecule has 0 saturated carbocycles. The molecular formula is C26H36N10O4. The van der Waals surface area contributed by atoms with Crippen molar-refractivity contribution < 1.29 is 19.1 Å². The van der Waals surface area contributed by atoms with E-state index in [9.17, 15) is 9.59 Å². The molecule has 2 aliphatic rings. The lowest BCUT2D eigenvalue weighted by molar-refractivity contribution is -0.134. The van der Waals surface area contributed by atoms with Crippen LogP contribution < -0.4 is 16.0 Å². The van der Waals surface area contributed by atoms with Crippen LogP contribution in [0.4, 0.5) is 16.7 Å². The molecule has 2 fully saturated rings. The Balaban J connectivity index is 1.35. The maximum absolute atomic E-state index is 13.0. The number of rotatable bonds is 5. The third kappa shape index (κ3) is 6.06. The zero-order valence-electron chi connectivity index (χ0n) is 23.3. The van der Waals surface area contributed by atoms with Crippen LogP contribution in [0.5, 0.6) is 0 Å². The number of piperidine rings is 1. The van der Waals surface area contributed by atoms with Gasteiger partial charge in [-0.1, -0.05) is 0 Å². The van der Waals surface area contributed by atoms with Gasteiger partial charge in [0.1, 0.15) is 22.9 Å². The maximum Gasteiger partial charge on any atom is 0.408 e. The van der Waals surface area contributed by atoms with E-state index in [0.29, 0.717) is 80.6 Å². The van der Waals surface area contributed by atoms with Gasteiger partial charge in [0.15, 0.2) is 5.65 Å². The van der Waals surface area contributed by atoms with E-state index in [1.807, 2.05) is 0 Å². The van der Waals surface area contributed by atoms with Crippen molar-refractivity contribution in [1.82, 2.24) is 39.7 Å². The minimum Gasteiger partial charge on any atom is -0.444 e. The summed E-state index contributed by atoms with van der Waals surface area (Å²) in [6, 6.07) is -0.597. The fourth-order valence-corrected chi connectivity index (χ4v) is 4.92. The lowest BCUT2D eigenvalue weighted by Gasteiger charge is -2.34. The molecule has 14 nitrogen and oxygen atoms in total. The largest absolute Gasteiger partial charge is 0.444 e. The average molecular weight is 553 g/mol. The van der Waals surface area contributed by atoms with Gasteiger partial charge in [0, 0.05) is 50.2 Å². The molecule has 1 unspecified atom stereocenters. The number of carbonyl (C=O) groups is 2. The molecule has 5 heterocycles. The molecule has 2 aliphatic heterocycles. The lowest BCUT2D eigenvalue weighted by Crippen LogP contribution is -2.50. The zero-order chi connectivity index (χ0) is 28.4. The number of anilines is 2. The Kier molecular flexibility index (Phi) is 7.70. The molecule has 214 valence electrons. The van der Waals surface area contributed by atoms with Crippen molar-refractivity contribution in [3.63, 3.8) is 0 Å². The standard InChI is InChI=1S/C26H36N10O4/c1-16(31-25(38)40-26(2,3)4)22(37)34-7-5-18(6-8-34)36-15-30-20-19(17-13-28-23(27)29-14-17)32-24(33-21(20)36)35-9-11-39-12-10-35/h13-16,18H,5-12H2,1-4H3,(H,31,38)(H2,27,28,29). The number of imidazole rings is 1. The first-order valence-electron chi connectivity index (χ1n) is 13.5. The Morgan fingerprint density at radius 2 is 1.75 bits per heavy atom. The Hall–Kier alpha value is -4.07. The Bertz CT molecular complexity index is 1360. The van der Waals surface area contributed by atoms with Crippen LogP contribution in [0.3, 0.4) is 0 Å². The number of amides is 2. The predicted octanol–water partition coefficient (Wildman–Crippen LogP) is 1.78. The number of nitrogen functional groups attached to an aromatic ring is 1. The molecule has 0 spiro atoms. The number of hydrogen-bond acceptors (Lipinski definition) is 11. The number of alkyl carbamates (subject to hydrolysis) is 1. The number of nitrogens with one attached hydrogen (secondary N) is 1. The summed E-state index contributed by atoms with van der Waals surface area (Å²) in [6.07, 6.45) is 5.90. The summed E-state index contributed by atoms with van der Waals surface area (Å²) >= 11 is 0. The van der Waals surface area contributed by atoms with Gasteiger partial charge in [-0.05, 0) is 40.5 Å². The quantitative estimate of drug-likeness (QED) is 0.473. The molecule has 0 aromatic carbocycles. The minimum absolute atomic E-state index is 0.0890. The van der Waals surface area contributed by atoms with Crippen LogP contribution in [-0.2, 0) is 14.3 Å². The predicted molar refractivity (Wildman–Crippen MR) is 147 cm³/mol. The van der Waals surface area contributed by atoms with Crippen LogP contribution in [0.1, 0.15) is 46.6 Å². The summed E-state index contributed by atoms with van der Waals surface area (Å²) in [5, 5.41) is 2.64. The smallest absolute Gasteiger partial charge is 0.408 e. The van der Waals surface area contributed by atoms with Gasteiger partial charge in [0.2, 0.25) is 17.8 Å². The van der Waals surface area contributed by atoms with Crippen molar-refractivity contribution in [3.8, 4) is 11.3 Å². The number of ether oxygens (including phenoxy) is 2. The van der Waals surface area contributed by atoms with Crippen molar-refractivity contribution in [3.05, 3.63) is 18.7 Å². The van der Waals surface area contributed by atoms with E-state index in [1.165, 1.54) is 0 Å². The van der Waals surface area contributed by atoms with E-state index in [1.54, 1.807) is 51.3 Å². The first-order valence-corrected chi connectivity index (χ1v) is 13.5. The van der Waals surface area contributed by atoms with Crippen LogP contribution in [0.25, 0.3) is 22.4 Å². The summed E-state index contributed by atoms with van der Waals surface area (Å²) in [5.74, 6) is 0.645. The molecule has 0 aliphatic carbocycles. The summed E-state index contributed by atoms with van der Waals surface area (Å²) in [4.78, 5) is 51.8. The van der Waals surface area contributed by atoms with Crippen LogP contribution in [0.15, 0.2) is 18.7 Å². The molecule has 3 aromatic rings. The molecule has 2 saturated heterocycles. The first-order chi connectivity index (χ1) is 19.1. The Morgan fingerprint density at radius 1 is 1.07 bits per heavy atom. The number of nitrogens with zero attached hydrogens (tertiary/aromatic N) is 8. The highest BCUT2D eigenvalue weighted by molar-refractivity contribution is 5.88. The normalized spacial score (nSPS) is 17.6. The van der Waals surface area contributed by atoms with E-state index < -0.39 is 17.7 Å². The molecule has 5 rings (SSSR count). The van der Waals surface area contributed by atoms with Crippen LogP contribution >= 0.6 is 0 Å². The molecule has 3 N–H and O–H groups in total. The monoisotopic (exact) mass is 552 g/mol. The number of hydrogen-bond donors (Lipinski definition) is 2. The number of likely N-dealkylation sites (tertiary alicyclic amines) is 1. The summed E-state index contributed by atoms with van der Waals surface area (Å²) in [7, 11) is 0. The summed E-state index contributed by atoms with van der Waals surface area (Å²) < 4.78 is 12.9. The molecule has 2 amide bonds. The highest BCUT2D eigenvalue weighted by Crippen LogP contribution is 2.31. The second kappa shape index (κ2) is 11.2. The van der Waals surface area contributed by atoms with Gasteiger partial charge < -0.3 is 34.9 Å². The third-order valence-electron chi connectivity index (χ3n) is 6.92. The van der Waals surface area contributed by atoms with Crippen molar-refractivity contribution in [2.24, 2.45) is 0 Å². The van der Waals surface area contributed by atoms with Gasteiger partial charge in [-0.2, -0.15) is 4.98 Å². The van der Waals surface area contributed by atoms with E-state index in [4.69, 9.17) is 25.2 Å². The zero-order valence-corrected chi connectivity index (χ0v) is 23.3. The lowest BCUT2D eigenvalue weighted by atomic mass is 10.0. The van der Waals surface area contributed by atoms with Gasteiger partial charge >= 0.3 is 6.09 Å². The van der Waals surface area contributed by atoms with E-state index in [0.717, 1.165) is 0 Å². The maximum atomic E-state index is 13.0.